The summed E-state index contributed by atoms with van der Waals surface area (Å²) in [7, 11) is 1.57. The van der Waals surface area contributed by atoms with Gasteiger partial charge in [-0.3, -0.25) is 14.6 Å². The molecule has 0 radical (unpaired) electrons. The van der Waals surface area contributed by atoms with Gasteiger partial charge in [-0.2, -0.15) is 0 Å². The average molecular weight is 327 g/mol. The SMILES string of the molecule is CCN(C(=O)c1cncc(C(=O)NCCOC)c1)c1ccccc1. The van der Waals surface area contributed by atoms with E-state index < -0.39 is 0 Å². The number of benzene rings is 1. The van der Waals surface area contributed by atoms with Crippen molar-refractivity contribution in [1.82, 2.24) is 10.3 Å². The molecule has 0 spiro atoms. The number of rotatable bonds is 7. The van der Waals surface area contributed by atoms with Gasteiger partial charge >= 0.3 is 0 Å². The van der Waals surface area contributed by atoms with Gasteiger partial charge in [-0.05, 0) is 25.1 Å². The number of methoxy groups -OCH3 is 1. The van der Waals surface area contributed by atoms with Gasteiger partial charge < -0.3 is 15.0 Å². The third-order valence-electron chi connectivity index (χ3n) is 3.47. The molecule has 0 aliphatic carbocycles. The maximum Gasteiger partial charge on any atom is 0.259 e. The van der Waals surface area contributed by atoms with Gasteiger partial charge in [0.05, 0.1) is 17.7 Å². The highest BCUT2D eigenvalue weighted by Gasteiger charge is 2.18. The van der Waals surface area contributed by atoms with E-state index in [1.54, 1.807) is 18.1 Å². The van der Waals surface area contributed by atoms with E-state index in [0.717, 1.165) is 5.69 Å². The van der Waals surface area contributed by atoms with Crippen LogP contribution in [0, 0.1) is 0 Å². The number of carbonyl (C=O) groups excluding carboxylic acids is 2. The Labute approximate surface area is 141 Å². The Balaban J connectivity index is 2.17. The van der Waals surface area contributed by atoms with Crippen molar-refractivity contribution in [2.75, 3.05) is 31.7 Å². The minimum absolute atomic E-state index is 0.192. The van der Waals surface area contributed by atoms with Gasteiger partial charge in [0.2, 0.25) is 0 Å². The molecule has 1 aromatic heterocycles. The number of nitrogens with one attached hydrogen (secondary N) is 1. The van der Waals surface area contributed by atoms with E-state index in [1.807, 2.05) is 37.3 Å². The third kappa shape index (κ3) is 4.39. The summed E-state index contributed by atoms with van der Waals surface area (Å²) in [6.45, 7) is 3.25. The molecule has 1 heterocycles. The molecule has 6 nitrogen and oxygen atoms in total. The molecule has 1 aromatic carbocycles. The summed E-state index contributed by atoms with van der Waals surface area (Å²) in [5, 5.41) is 2.71. The van der Waals surface area contributed by atoms with Crippen LogP contribution in [-0.4, -0.2) is 43.6 Å². The molecule has 0 unspecified atom stereocenters. The molecule has 0 aliphatic heterocycles. The van der Waals surface area contributed by atoms with E-state index in [1.165, 1.54) is 12.4 Å². The van der Waals surface area contributed by atoms with E-state index in [0.29, 0.717) is 30.8 Å². The standard InChI is InChI=1S/C18H21N3O3/c1-3-21(16-7-5-4-6-8-16)18(23)15-11-14(12-19-13-15)17(22)20-9-10-24-2/h4-8,11-13H,3,9-10H2,1-2H3,(H,20,22). The molecular formula is C18H21N3O3. The number of pyridine rings is 1. The van der Waals surface area contributed by atoms with Crippen molar-refractivity contribution < 1.29 is 14.3 Å². The van der Waals surface area contributed by atoms with Crippen LogP contribution in [0.15, 0.2) is 48.8 Å². The first-order valence-electron chi connectivity index (χ1n) is 7.76. The van der Waals surface area contributed by atoms with Gasteiger partial charge in [-0.15, -0.1) is 0 Å². The van der Waals surface area contributed by atoms with Crippen LogP contribution in [0.3, 0.4) is 0 Å². The van der Waals surface area contributed by atoms with Crippen LogP contribution in [-0.2, 0) is 4.74 Å². The molecule has 2 amide bonds. The predicted octanol–water partition coefficient (Wildman–Crippen LogP) is 2.12. The fourth-order valence-electron chi connectivity index (χ4n) is 2.26. The number of nitrogens with zero attached hydrogens (tertiary/aromatic N) is 2. The lowest BCUT2D eigenvalue weighted by molar-refractivity contribution is 0.0936. The third-order valence-corrected chi connectivity index (χ3v) is 3.47. The number of aromatic nitrogens is 1. The molecule has 24 heavy (non-hydrogen) atoms. The van der Waals surface area contributed by atoms with Crippen molar-refractivity contribution >= 4 is 17.5 Å². The van der Waals surface area contributed by atoms with Gasteiger partial charge in [0, 0.05) is 38.3 Å². The first kappa shape index (κ1) is 17.6. The van der Waals surface area contributed by atoms with Crippen molar-refractivity contribution in [3.63, 3.8) is 0 Å². The quantitative estimate of drug-likeness (QED) is 0.791. The first-order valence-corrected chi connectivity index (χ1v) is 7.76. The summed E-state index contributed by atoms with van der Waals surface area (Å²) in [6.07, 6.45) is 2.91. The van der Waals surface area contributed by atoms with Crippen LogP contribution in [0.1, 0.15) is 27.6 Å². The molecular weight excluding hydrogens is 306 g/mol. The fraction of sp³-hybridized carbons (Fsp3) is 0.278. The highest BCUT2D eigenvalue weighted by molar-refractivity contribution is 6.07. The van der Waals surface area contributed by atoms with Crippen LogP contribution in [0.4, 0.5) is 5.69 Å². The molecule has 0 fully saturated rings. The zero-order chi connectivity index (χ0) is 17.4. The highest BCUT2D eigenvalue weighted by atomic mass is 16.5. The minimum Gasteiger partial charge on any atom is -0.383 e. The van der Waals surface area contributed by atoms with Crippen molar-refractivity contribution in [2.45, 2.75) is 6.92 Å². The van der Waals surface area contributed by atoms with Crippen LogP contribution in [0.25, 0.3) is 0 Å². The lowest BCUT2D eigenvalue weighted by Gasteiger charge is -2.21. The number of hydrogen-bond donors (Lipinski definition) is 1. The predicted molar refractivity (Wildman–Crippen MR) is 92.2 cm³/mol. The average Bonchev–Trinajstić information content (AvgIpc) is 2.63. The Hall–Kier alpha value is -2.73. The van der Waals surface area contributed by atoms with Crippen LogP contribution < -0.4 is 10.2 Å². The van der Waals surface area contributed by atoms with Crippen molar-refractivity contribution in [2.24, 2.45) is 0 Å². The minimum atomic E-state index is -0.281. The summed E-state index contributed by atoms with van der Waals surface area (Å²) in [6, 6.07) is 11.0. The monoisotopic (exact) mass is 327 g/mol. The number of hydrogen-bond acceptors (Lipinski definition) is 4. The van der Waals surface area contributed by atoms with Crippen molar-refractivity contribution in [1.29, 1.82) is 0 Å². The topological polar surface area (TPSA) is 71.5 Å². The molecule has 6 heteroatoms. The number of ether oxygens (including phenoxy) is 1. The smallest absolute Gasteiger partial charge is 0.259 e. The molecule has 126 valence electrons. The van der Waals surface area contributed by atoms with E-state index in [9.17, 15) is 9.59 Å². The largest absolute Gasteiger partial charge is 0.383 e. The number of para-hydroxylation sites is 1. The van der Waals surface area contributed by atoms with Crippen molar-refractivity contribution in [3.8, 4) is 0 Å². The number of anilines is 1. The van der Waals surface area contributed by atoms with E-state index in [4.69, 9.17) is 4.74 Å². The fourth-order valence-corrected chi connectivity index (χ4v) is 2.26. The number of carbonyl (C=O) groups is 2. The van der Waals surface area contributed by atoms with E-state index >= 15 is 0 Å². The lowest BCUT2D eigenvalue weighted by atomic mass is 10.1. The van der Waals surface area contributed by atoms with Crippen LogP contribution in [0.5, 0.6) is 0 Å². The summed E-state index contributed by atoms with van der Waals surface area (Å²) < 4.78 is 4.89. The van der Waals surface area contributed by atoms with Gasteiger partial charge in [0.25, 0.3) is 11.8 Å². The maximum atomic E-state index is 12.7. The van der Waals surface area contributed by atoms with E-state index in [-0.39, 0.29) is 11.8 Å². The van der Waals surface area contributed by atoms with Crippen LogP contribution >= 0.6 is 0 Å². The van der Waals surface area contributed by atoms with Crippen LogP contribution in [0.2, 0.25) is 0 Å². The normalized spacial score (nSPS) is 10.2. The first-order chi connectivity index (χ1) is 11.7. The number of amides is 2. The Bertz CT molecular complexity index is 689. The second-order valence-electron chi connectivity index (χ2n) is 5.10. The van der Waals surface area contributed by atoms with Gasteiger partial charge in [-0.1, -0.05) is 18.2 Å². The molecule has 1 N–H and O–H groups in total. The summed E-state index contributed by atoms with van der Waals surface area (Å²) in [4.78, 5) is 30.5. The maximum absolute atomic E-state index is 12.7. The molecule has 2 rings (SSSR count). The molecule has 2 aromatic rings. The van der Waals surface area contributed by atoms with Crippen molar-refractivity contribution in [3.05, 3.63) is 59.9 Å². The second kappa shape index (κ2) is 8.79. The summed E-state index contributed by atoms with van der Waals surface area (Å²) in [5.41, 5.74) is 1.53. The second-order valence-corrected chi connectivity index (χ2v) is 5.10. The highest BCUT2D eigenvalue weighted by Crippen LogP contribution is 2.16. The molecule has 0 aliphatic rings. The van der Waals surface area contributed by atoms with Gasteiger partial charge in [0.1, 0.15) is 0 Å². The van der Waals surface area contributed by atoms with Gasteiger partial charge in [-0.25, -0.2) is 0 Å². The zero-order valence-corrected chi connectivity index (χ0v) is 13.9. The Morgan fingerprint density at radius 2 is 1.88 bits per heavy atom. The Morgan fingerprint density at radius 3 is 2.54 bits per heavy atom. The molecule has 0 bridgehead atoms. The van der Waals surface area contributed by atoms with E-state index in [2.05, 4.69) is 10.3 Å². The summed E-state index contributed by atoms with van der Waals surface area (Å²) in [5.74, 6) is -0.472. The molecule has 0 atom stereocenters. The Morgan fingerprint density at radius 1 is 1.17 bits per heavy atom. The summed E-state index contributed by atoms with van der Waals surface area (Å²) >= 11 is 0. The lowest BCUT2D eigenvalue weighted by Crippen LogP contribution is -2.31. The van der Waals surface area contributed by atoms with Gasteiger partial charge in [0.15, 0.2) is 0 Å². The molecule has 0 saturated heterocycles. The Kier molecular flexibility index (Phi) is 6.45. The zero-order valence-electron chi connectivity index (χ0n) is 13.9. The molecule has 0 saturated carbocycles.